The van der Waals surface area contributed by atoms with Crippen LogP contribution in [0.25, 0.3) is 0 Å². The molecule has 1 saturated heterocycles. The van der Waals surface area contributed by atoms with Gasteiger partial charge in [0, 0.05) is 25.8 Å². The summed E-state index contributed by atoms with van der Waals surface area (Å²) in [6.45, 7) is 20.4. The molecule has 3 atom stereocenters. The lowest BCUT2D eigenvalue weighted by Crippen LogP contribution is -2.60. The standard InChI is InChI=1S/C24H42N2O6.C2H6/c1-10-12-18-13-14-26(21(29)32-23(7,8)9)24(18,20(28)31-22(4,5)6)15-19(11-2)30-16-25-17(3)27;1-2/h10,12,18-19H,11,13-16H2,1-9H3,(H,25,27);1-2H3. The first kappa shape index (κ1) is 31.9. The summed E-state index contributed by atoms with van der Waals surface area (Å²) in [5.74, 6) is -0.934. The third-order valence-corrected chi connectivity index (χ3v) is 5.18. The molecule has 0 spiro atoms. The van der Waals surface area contributed by atoms with Crippen molar-refractivity contribution < 1.29 is 28.6 Å². The van der Waals surface area contributed by atoms with Gasteiger partial charge in [0.15, 0.2) is 5.54 Å². The van der Waals surface area contributed by atoms with E-state index in [4.69, 9.17) is 14.2 Å². The molecule has 2 amide bonds. The van der Waals surface area contributed by atoms with Crippen LogP contribution in [0.15, 0.2) is 12.2 Å². The summed E-state index contributed by atoms with van der Waals surface area (Å²) in [5.41, 5.74) is -2.72. The van der Waals surface area contributed by atoms with Crippen molar-refractivity contribution in [3.63, 3.8) is 0 Å². The van der Waals surface area contributed by atoms with Gasteiger partial charge in [-0.1, -0.05) is 32.9 Å². The van der Waals surface area contributed by atoms with Crippen molar-refractivity contribution in [2.24, 2.45) is 5.92 Å². The molecule has 0 bridgehead atoms. The molecule has 1 heterocycles. The van der Waals surface area contributed by atoms with E-state index in [0.29, 0.717) is 19.4 Å². The number of likely N-dealkylation sites (tertiary alicyclic amines) is 1. The largest absolute Gasteiger partial charge is 0.458 e. The maximum Gasteiger partial charge on any atom is 0.411 e. The number of carbonyl (C=O) groups excluding carboxylic acids is 3. The first-order valence-electron chi connectivity index (χ1n) is 12.4. The van der Waals surface area contributed by atoms with Crippen molar-refractivity contribution >= 4 is 18.0 Å². The second kappa shape index (κ2) is 13.7. The molecule has 1 aliphatic rings. The third-order valence-electron chi connectivity index (χ3n) is 5.18. The van der Waals surface area contributed by atoms with Gasteiger partial charge in [-0.2, -0.15) is 0 Å². The first-order chi connectivity index (χ1) is 15.7. The van der Waals surface area contributed by atoms with E-state index in [1.165, 1.54) is 11.8 Å². The number of allylic oxidation sites excluding steroid dienone is 1. The van der Waals surface area contributed by atoms with Gasteiger partial charge < -0.3 is 19.5 Å². The Labute approximate surface area is 206 Å². The molecular weight excluding hydrogens is 436 g/mol. The van der Waals surface area contributed by atoms with E-state index < -0.39 is 28.8 Å². The number of hydrogen-bond acceptors (Lipinski definition) is 6. The van der Waals surface area contributed by atoms with Gasteiger partial charge in [-0.3, -0.25) is 9.69 Å². The van der Waals surface area contributed by atoms with Crippen LogP contribution in [-0.2, 0) is 23.8 Å². The minimum atomic E-state index is -1.28. The van der Waals surface area contributed by atoms with Gasteiger partial charge in [0.1, 0.15) is 17.9 Å². The second-order valence-corrected chi connectivity index (χ2v) is 10.3. The zero-order valence-electron chi connectivity index (χ0n) is 23.2. The molecule has 0 aromatic rings. The molecule has 0 aromatic carbocycles. The zero-order valence-corrected chi connectivity index (χ0v) is 23.2. The molecule has 198 valence electrons. The predicted octanol–water partition coefficient (Wildman–Crippen LogP) is 5.21. The molecule has 1 N–H and O–H groups in total. The highest BCUT2D eigenvalue weighted by Gasteiger charge is 2.58. The number of hydrogen-bond donors (Lipinski definition) is 1. The molecule has 8 nitrogen and oxygen atoms in total. The van der Waals surface area contributed by atoms with E-state index in [2.05, 4.69) is 5.32 Å². The van der Waals surface area contributed by atoms with Crippen LogP contribution >= 0.6 is 0 Å². The minimum absolute atomic E-state index is 0.0267. The summed E-state index contributed by atoms with van der Waals surface area (Å²) in [7, 11) is 0. The molecular formula is C26H48N2O6. The molecule has 0 aliphatic carbocycles. The Morgan fingerprint density at radius 3 is 2.09 bits per heavy atom. The highest BCUT2D eigenvalue weighted by Crippen LogP contribution is 2.43. The lowest BCUT2D eigenvalue weighted by Gasteiger charge is -2.42. The van der Waals surface area contributed by atoms with Gasteiger partial charge >= 0.3 is 12.1 Å². The van der Waals surface area contributed by atoms with E-state index in [1.54, 1.807) is 41.5 Å². The number of carbonyl (C=O) groups is 3. The zero-order chi connectivity index (χ0) is 26.7. The van der Waals surface area contributed by atoms with E-state index >= 15 is 0 Å². The Morgan fingerprint density at radius 2 is 1.65 bits per heavy atom. The van der Waals surface area contributed by atoms with Crippen LogP contribution in [0.5, 0.6) is 0 Å². The Bertz CT molecular complexity index is 692. The van der Waals surface area contributed by atoms with Gasteiger partial charge in [0.05, 0.1) is 6.10 Å². The molecule has 1 aliphatic heterocycles. The van der Waals surface area contributed by atoms with Crippen LogP contribution in [0.1, 0.15) is 95.4 Å². The fraction of sp³-hybridized carbons (Fsp3) is 0.808. The number of ether oxygens (including phenoxy) is 3. The molecule has 0 aromatic heterocycles. The Kier molecular flexibility index (Phi) is 12.9. The third kappa shape index (κ3) is 9.65. The van der Waals surface area contributed by atoms with Crippen LogP contribution in [0, 0.1) is 5.92 Å². The molecule has 1 rings (SSSR count). The fourth-order valence-corrected chi connectivity index (χ4v) is 3.87. The summed E-state index contributed by atoms with van der Waals surface area (Å²) >= 11 is 0. The maximum atomic E-state index is 13.8. The summed E-state index contributed by atoms with van der Waals surface area (Å²) in [6, 6.07) is 0. The van der Waals surface area contributed by atoms with E-state index in [0.717, 1.165) is 0 Å². The topological polar surface area (TPSA) is 94.2 Å². The van der Waals surface area contributed by atoms with Gasteiger partial charge in [0.2, 0.25) is 5.91 Å². The monoisotopic (exact) mass is 484 g/mol. The van der Waals surface area contributed by atoms with Crippen LogP contribution in [0.2, 0.25) is 0 Å². The molecule has 8 heteroatoms. The van der Waals surface area contributed by atoms with Crippen molar-refractivity contribution in [2.45, 2.75) is 118 Å². The van der Waals surface area contributed by atoms with Crippen molar-refractivity contribution in [3.05, 3.63) is 12.2 Å². The van der Waals surface area contributed by atoms with Gasteiger partial charge in [-0.25, -0.2) is 9.59 Å². The van der Waals surface area contributed by atoms with E-state index in [9.17, 15) is 14.4 Å². The van der Waals surface area contributed by atoms with E-state index in [-0.39, 0.29) is 31.1 Å². The lowest BCUT2D eigenvalue weighted by molar-refractivity contribution is -0.172. The SMILES string of the molecule is CC.CC=CC1CCN(C(=O)OC(C)(C)C)C1(CC(CC)OCNC(C)=O)C(=O)OC(C)(C)C. The van der Waals surface area contributed by atoms with Crippen LogP contribution in [-0.4, -0.2) is 59.0 Å². The predicted molar refractivity (Wildman–Crippen MR) is 134 cm³/mol. The highest BCUT2D eigenvalue weighted by atomic mass is 16.6. The van der Waals surface area contributed by atoms with Crippen LogP contribution < -0.4 is 5.32 Å². The number of esters is 1. The first-order valence-corrected chi connectivity index (χ1v) is 12.4. The number of nitrogens with one attached hydrogen (secondary N) is 1. The summed E-state index contributed by atoms with van der Waals surface area (Å²) < 4.78 is 17.4. The van der Waals surface area contributed by atoms with Crippen molar-refractivity contribution in [1.82, 2.24) is 10.2 Å². The molecule has 3 unspecified atom stereocenters. The van der Waals surface area contributed by atoms with Gasteiger partial charge in [-0.05, 0) is 61.3 Å². The van der Waals surface area contributed by atoms with Crippen LogP contribution in [0.4, 0.5) is 4.79 Å². The maximum absolute atomic E-state index is 13.8. The molecule has 0 radical (unpaired) electrons. The number of nitrogens with zero attached hydrogens (tertiary/aromatic N) is 1. The van der Waals surface area contributed by atoms with Crippen molar-refractivity contribution in [3.8, 4) is 0 Å². The molecule has 0 saturated carbocycles. The van der Waals surface area contributed by atoms with Crippen molar-refractivity contribution in [2.75, 3.05) is 13.3 Å². The average molecular weight is 485 g/mol. The molecule has 1 fully saturated rings. The summed E-state index contributed by atoms with van der Waals surface area (Å²) in [6.07, 6.45) is 4.33. The van der Waals surface area contributed by atoms with Crippen molar-refractivity contribution in [1.29, 1.82) is 0 Å². The average Bonchev–Trinajstić information content (AvgIpc) is 3.05. The summed E-state index contributed by atoms with van der Waals surface area (Å²) in [5, 5.41) is 2.62. The number of amides is 2. The Morgan fingerprint density at radius 1 is 1.09 bits per heavy atom. The quantitative estimate of drug-likeness (QED) is 0.289. The smallest absolute Gasteiger partial charge is 0.411 e. The van der Waals surface area contributed by atoms with Gasteiger partial charge in [0.25, 0.3) is 0 Å². The van der Waals surface area contributed by atoms with Crippen LogP contribution in [0.3, 0.4) is 0 Å². The highest BCUT2D eigenvalue weighted by molar-refractivity contribution is 5.88. The normalized spacial score (nSPS) is 21.5. The Hall–Kier alpha value is -2.09. The second-order valence-electron chi connectivity index (χ2n) is 10.3. The molecule has 34 heavy (non-hydrogen) atoms. The Balaban J connectivity index is 0.00000529. The van der Waals surface area contributed by atoms with E-state index in [1.807, 2.05) is 39.8 Å². The summed E-state index contributed by atoms with van der Waals surface area (Å²) in [4.78, 5) is 39.8. The minimum Gasteiger partial charge on any atom is -0.458 e. The fourth-order valence-electron chi connectivity index (χ4n) is 3.87. The number of rotatable bonds is 8. The van der Waals surface area contributed by atoms with Gasteiger partial charge in [-0.15, -0.1) is 0 Å². The lowest BCUT2D eigenvalue weighted by atomic mass is 9.79.